The van der Waals surface area contributed by atoms with Gasteiger partial charge >= 0.3 is 11.8 Å². The van der Waals surface area contributed by atoms with Gasteiger partial charge in [-0.1, -0.05) is 6.07 Å². The van der Waals surface area contributed by atoms with Crippen LogP contribution in [0.2, 0.25) is 0 Å². The highest BCUT2D eigenvalue weighted by Crippen LogP contribution is 2.25. The number of nitrogens with two attached hydrogens (primary N) is 2. The molecule has 0 radical (unpaired) electrons. The molecular weight excluding hydrogens is 562 g/mol. The summed E-state index contributed by atoms with van der Waals surface area (Å²) >= 11 is 0. The first kappa shape index (κ1) is 33.6. The highest BCUT2D eigenvalue weighted by molar-refractivity contribution is 6.00. The smallest absolute Gasteiger partial charge is 0.407 e. The van der Waals surface area contributed by atoms with Crippen LogP contribution in [-0.4, -0.2) is 90.4 Å². The molecule has 1 aliphatic rings. The van der Waals surface area contributed by atoms with Gasteiger partial charge in [0, 0.05) is 31.8 Å². The van der Waals surface area contributed by atoms with E-state index in [0.29, 0.717) is 75.0 Å². The van der Waals surface area contributed by atoms with Crippen molar-refractivity contribution in [1.29, 1.82) is 0 Å². The molecule has 15 nitrogen and oxygen atoms in total. The molecule has 3 rings (SSSR count). The number of piperidine rings is 1. The van der Waals surface area contributed by atoms with Crippen LogP contribution in [0.25, 0.3) is 16.7 Å². The average molecular weight is 606 g/mol. The van der Waals surface area contributed by atoms with E-state index in [1.54, 1.807) is 52.2 Å². The van der Waals surface area contributed by atoms with Crippen LogP contribution in [0.1, 0.15) is 45.2 Å². The lowest BCUT2D eigenvalue weighted by Gasteiger charge is -2.22. The average Bonchev–Trinajstić information content (AvgIpc) is 3.17. The van der Waals surface area contributed by atoms with Gasteiger partial charge in [0.15, 0.2) is 0 Å². The van der Waals surface area contributed by atoms with Gasteiger partial charge in [0.25, 0.3) is 0 Å². The Kier molecular flexibility index (Phi) is 12.1. The third kappa shape index (κ3) is 10.1. The van der Waals surface area contributed by atoms with Crippen molar-refractivity contribution in [2.45, 2.75) is 45.3 Å². The molecule has 43 heavy (non-hydrogen) atoms. The molecule has 0 saturated carbocycles. The van der Waals surface area contributed by atoms with E-state index in [1.165, 1.54) is 14.1 Å². The normalized spacial score (nSPS) is 15.9. The first-order valence-corrected chi connectivity index (χ1v) is 14.1. The Bertz CT molecular complexity index is 1360. The lowest BCUT2D eigenvalue weighted by atomic mass is 10.1. The summed E-state index contributed by atoms with van der Waals surface area (Å²) in [6, 6.07) is 4.48. The number of hydrogen-bond donors (Lipinski definition) is 4. The monoisotopic (exact) mass is 605 g/mol. The summed E-state index contributed by atoms with van der Waals surface area (Å²) in [5, 5.41) is 6.32. The number of benzene rings is 1. The molecule has 6 N–H and O–H groups in total. The van der Waals surface area contributed by atoms with Crippen molar-refractivity contribution < 1.29 is 33.3 Å². The van der Waals surface area contributed by atoms with Crippen molar-refractivity contribution >= 4 is 34.6 Å². The summed E-state index contributed by atoms with van der Waals surface area (Å²) in [6.07, 6.45) is 1.52. The molecule has 1 aliphatic heterocycles. The number of aromatic nitrogens is 2. The maximum absolute atomic E-state index is 13.0. The number of carbonyl (C=O) groups excluding carboxylic acids is 3. The van der Waals surface area contributed by atoms with Gasteiger partial charge in [0.2, 0.25) is 11.8 Å². The molecule has 1 fully saturated rings. The van der Waals surface area contributed by atoms with E-state index in [-0.39, 0.29) is 24.4 Å². The summed E-state index contributed by atoms with van der Waals surface area (Å²) in [7, 11) is 1.62. The fraction of sp³-hybridized carbons (Fsp3) is 0.571. The molecular formula is C28H43N7O8. The predicted octanol–water partition coefficient (Wildman–Crippen LogP) is 0.325. The number of hydrogen-bond acceptors (Lipinski definition) is 11. The van der Waals surface area contributed by atoms with Crippen molar-refractivity contribution in [1.82, 2.24) is 24.8 Å². The first-order valence-electron chi connectivity index (χ1n) is 14.1. The fourth-order valence-electron chi connectivity index (χ4n) is 4.34. The Morgan fingerprint density at radius 1 is 1.07 bits per heavy atom. The highest BCUT2D eigenvalue weighted by atomic mass is 16.6. The van der Waals surface area contributed by atoms with E-state index < -0.39 is 23.6 Å². The van der Waals surface area contributed by atoms with Crippen LogP contribution >= 0.6 is 0 Å². The Hall–Kier alpha value is -3.92. The predicted molar refractivity (Wildman–Crippen MR) is 158 cm³/mol. The van der Waals surface area contributed by atoms with Crippen molar-refractivity contribution in [2.75, 3.05) is 52.7 Å². The van der Waals surface area contributed by atoms with E-state index in [1.807, 2.05) is 0 Å². The molecule has 0 spiro atoms. The third-order valence-electron chi connectivity index (χ3n) is 6.40. The number of nitrogens with zero attached hydrogens (tertiary/aromatic N) is 3. The fourth-order valence-corrected chi connectivity index (χ4v) is 4.34. The second-order valence-electron chi connectivity index (χ2n) is 11.0. The van der Waals surface area contributed by atoms with Crippen LogP contribution in [-0.2, 0) is 35.6 Å². The number of ether oxygens (including phenoxy) is 4. The number of imide groups is 1. The van der Waals surface area contributed by atoms with Crippen molar-refractivity contribution in [3.63, 3.8) is 0 Å². The van der Waals surface area contributed by atoms with Gasteiger partial charge in [0.1, 0.15) is 11.6 Å². The van der Waals surface area contributed by atoms with Gasteiger partial charge in [-0.15, -0.1) is 0 Å². The molecule has 1 aromatic carbocycles. The molecule has 2 aromatic rings. The molecule has 0 bridgehead atoms. The molecule has 1 unspecified atom stereocenters. The topological polar surface area (TPSA) is 194 Å². The zero-order valence-electron chi connectivity index (χ0n) is 25.2. The number of rotatable bonds is 15. The minimum absolute atomic E-state index is 0.170. The minimum atomic E-state index is -0.759. The van der Waals surface area contributed by atoms with Crippen LogP contribution in [0.3, 0.4) is 0 Å². The molecule has 0 aliphatic carbocycles. The second-order valence-corrected chi connectivity index (χ2v) is 11.0. The summed E-state index contributed by atoms with van der Waals surface area (Å²) in [6.45, 7) is 8.36. The van der Waals surface area contributed by atoms with Crippen LogP contribution in [0.5, 0.6) is 0 Å². The maximum atomic E-state index is 13.0. The quantitative estimate of drug-likeness (QED) is 0.0945. The van der Waals surface area contributed by atoms with Crippen molar-refractivity contribution in [3.8, 4) is 0 Å². The van der Waals surface area contributed by atoms with E-state index >= 15 is 0 Å². The Labute approximate surface area is 250 Å². The molecule has 1 saturated heterocycles. The lowest BCUT2D eigenvalue weighted by molar-refractivity contribution is -0.135. The number of imidazole rings is 1. The van der Waals surface area contributed by atoms with Gasteiger partial charge in [-0.25, -0.2) is 15.4 Å². The van der Waals surface area contributed by atoms with Crippen LogP contribution < -0.4 is 27.9 Å². The van der Waals surface area contributed by atoms with Gasteiger partial charge in [-0.05, 0) is 39.3 Å². The first-order chi connectivity index (χ1) is 20.4. The lowest BCUT2D eigenvalue weighted by Crippen LogP contribution is -2.44. The number of nitrogens with one attached hydrogen (secondary N) is 2. The van der Waals surface area contributed by atoms with E-state index in [4.69, 9.17) is 30.5 Å². The van der Waals surface area contributed by atoms with Crippen LogP contribution in [0.4, 0.5) is 4.79 Å². The van der Waals surface area contributed by atoms with Crippen molar-refractivity contribution in [3.05, 3.63) is 40.4 Å². The molecule has 1 atom stereocenters. The zero-order chi connectivity index (χ0) is 31.6. The molecule has 2 heterocycles. The second kappa shape index (κ2) is 15.5. The van der Waals surface area contributed by atoms with Crippen LogP contribution in [0, 0.1) is 0 Å². The number of fused-ring (bicyclic) bond motifs is 1. The molecule has 238 valence electrons. The zero-order valence-corrected chi connectivity index (χ0v) is 25.2. The van der Waals surface area contributed by atoms with Crippen molar-refractivity contribution in [2.24, 2.45) is 18.6 Å². The number of hydrazine groups is 1. The number of amides is 3. The number of aryl methyl sites for hydroxylation is 1. The minimum Gasteiger partial charge on any atom is -0.444 e. The summed E-state index contributed by atoms with van der Waals surface area (Å²) in [5.74, 6) is 5.23. The Morgan fingerprint density at radius 2 is 1.72 bits per heavy atom. The molecule has 3 amide bonds. The highest BCUT2D eigenvalue weighted by Gasteiger charge is 2.31. The largest absolute Gasteiger partial charge is 0.444 e. The summed E-state index contributed by atoms with van der Waals surface area (Å²) in [4.78, 5) is 48.4. The molecule has 1 aromatic heterocycles. The van der Waals surface area contributed by atoms with E-state index in [9.17, 15) is 19.2 Å². The van der Waals surface area contributed by atoms with Gasteiger partial charge in [-0.2, -0.15) is 0 Å². The number of alkyl carbamates (subject to hydrolysis) is 1. The van der Waals surface area contributed by atoms with Gasteiger partial charge < -0.3 is 35.0 Å². The Balaban J connectivity index is 1.35. The molecule has 15 heteroatoms. The summed E-state index contributed by atoms with van der Waals surface area (Å²) < 4.78 is 24.4. The van der Waals surface area contributed by atoms with Gasteiger partial charge in [0.05, 0.1) is 62.9 Å². The Morgan fingerprint density at radius 3 is 2.37 bits per heavy atom. The van der Waals surface area contributed by atoms with Gasteiger partial charge in [-0.3, -0.25) is 24.0 Å². The SMILES string of the molecule is Cn1c(=O)n(C2CCC(=O)NC2=O)c2ccc(/C(N)=C/N(N)CCOCCOCCOCCNC(=O)OC(C)(C)C)cc21. The van der Waals surface area contributed by atoms with Crippen LogP contribution in [0.15, 0.2) is 29.2 Å². The number of carbonyl (C=O) groups is 3. The maximum Gasteiger partial charge on any atom is 0.407 e. The standard InChI is InChI=1S/C28H43N7O8/c1-28(2,3)43-26(38)31-9-11-40-13-15-42-16-14-41-12-10-34(30)18-20(29)19-5-6-21-23(17-19)33(4)27(39)35(21)22-7-8-24(36)32-25(22)37/h5-6,17-18,22H,7-16,29-30H2,1-4H3,(H,31,38)(H,32,36,37)/b20-18-. The third-order valence-corrected chi connectivity index (χ3v) is 6.40. The van der Waals surface area contributed by atoms with E-state index in [0.717, 1.165) is 0 Å². The van der Waals surface area contributed by atoms with E-state index in [2.05, 4.69) is 10.6 Å². The summed E-state index contributed by atoms with van der Waals surface area (Å²) in [5.41, 5.74) is 7.58.